The summed E-state index contributed by atoms with van der Waals surface area (Å²) >= 11 is 12.1. The van der Waals surface area contributed by atoms with Gasteiger partial charge in [-0.25, -0.2) is 0 Å². The molecule has 0 radical (unpaired) electrons. The van der Waals surface area contributed by atoms with Crippen LogP contribution in [0.1, 0.15) is 19.8 Å². The van der Waals surface area contributed by atoms with Crippen molar-refractivity contribution in [2.75, 3.05) is 26.2 Å². The first-order chi connectivity index (χ1) is 12.0. The Hall–Kier alpha value is -1.42. The lowest BCUT2D eigenvalue weighted by Crippen LogP contribution is -2.47. The zero-order valence-corrected chi connectivity index (χ0v) is 15.9. The van der Waals surface area contributed by atoms with E-state index in [1.54, 1.807) is 0 Å². The summed E-state index contributed by atoms with van der Waals surface area (Å²) in [6, 6.07) is 15.1. The first kappa shape index (κ1) is 18.4. The van der Waals surface area contributed by atoms with Gasteiger partial charge in [-0.05, 0) is 56.2 Å². The van der Waals surface area contributed by atoms with Gasteiger partial charge in [-0.3, -0.25) is 4.90 Å². The van der Waals surface area contributed by atoms with Crippen LogP contribution in [0.2, 0.25) is 10.0 Å². The van der Waals surface area contributed by atoms with Crippen molar-refractivity contribution in [3.63, 3.8) is 0 Å². The normalized spacial score (nSPS) is 17.2. The Labute approximate surface area is 159 Å². The van der Waals surface area contributed by atoms with E-state index in [2.05, 4.69) is 11.8 Å². The molecular weight excluding hydrogens is 357 g/mol. The topological polar surface area (TPSA) is 21.7 Å². The lowest BCUT2D eigenvalue weighted by atomic mass is 9.93. The first-order valence-corrected chi connectivity index (χ1v) is 9.34. The minimum atomic E-state index is -0.168. The van der Waals surface area contributed by atoms with Gasteiger partial charge >= 0.3 is 0 Å². The third kappa shape index (κ3) is 5.27. The zero-order chi connectivity index (χ0) is 17.7. The van der Waals surface area contributed by atoms with Gasteiger partial charge < -0.3 is 9.47 Å². The Morgan fingerprint density at radius 3 is 2.36 bits per heavy atom. The van der Waals surface area contributed by atoms with Gasteiger partial charge in [-0.2, -0.15) is 0 Å². The maximum atomic E-state index is 6.21. The summed E-state index contributed by atoms with van der Waals surface area (Å²) in [6.45, 7) is 5.72. The van der Waals surface area contributed by atoms with Crippen LogP contribution in [0, 0.1) is 0 Å². The molecule has 25 heavy (non-hydrogen) atoms. The number of halogens is 2. The smallest absolute Gasteiger partial charge is 0.138 e. The Kier molecular flexibility index (Phi) is 6.10. The minimum absolute atomic E-state index is 0.168. The van der Waals surface area contributed by atoms with Crippen LogP contribution in [-0.2, 0) is 0 Å². The van der Waals surface area contributed by atoms with E-state index in [0.29, 0.717) is 11.6 Å². The number of benzene rings is 2. The lowest BCUT2D eigenvalue weighted by molar-refractivity contribution is 0.0136. The summed E-state index contributed by atoms with van der Waals surface area (Å²) in [5, 5.41) is 1.39. The van der Waals surface area contributed by atoms with Crippen molar-refractivity contribution in [1.29, 1.82) is 0 Å². The summed E-state index contributed by atoms with van der Waals surface area (Å²) in [5.41, 5.74) is -0.168. The quantitative estimate of drug-likeness (QED) is 0.678. The predicted molar refractivity (Wildman–Crippen MR) is 103 cm³/mol. The molecule has 0 saturated carbocycles. The molecule has 0 bridgehead atoms. The molecule has 0 atom stereocenters. The maximum absolute atomic E-state index is 6.21. The van der Waals surface area contributed by atoms with Crippen LogP contribution in [0.25, 0.3) is 0 Å². The molecule has 0 spiro atoms. The number of hydrogen-bond acceptors (Lipinski definition) is 3. The highest BCUT2D eigenvalue weighted by Gasteiger charge is 2.32. The molecule has 0 N–H and O–H groups in total. The van der Waals surface area contributed by atoms with Crippen LogP contribution in [-0.4, -0.2) is 36.7 Å². The van der Waals surface area contributed by atoms with E-state index in [0.717, 1.165) is 49.0 Å². The van der Waals surface area contributed by atoms with E-state index >= 15 is 0 Å². The second-order valence-corrected chi connectivity index (χ2v) is 7.47. The molecule has 0 amide bonds. The minimum Gasteiger partial charge on any atom is -0.492 e. The van der Waals surface area contributed by atoms with Crippen molar-refractivity contribution in [2.24, 2.45) is 0 Å². The zero-order valence-electron chi connectivity index (χ0n) is 14.4. The monoisotopic (exact) mass is 379 g/mol. The fourth-order valence-corrected chi connectivity index (χ4v) is 3.27. The molecule has 1 saturated heterocycles. The van der Waals surface area contributed by atoms with Gasteiger partial charge in [0.05, 0.1) is 5.02 Å². The molecule has 1 fully saturated rings. The van der Waals surface area contributed by atoms with Gasteiger partial charge in [0.15, 0.2) is 0 Å². The van der Waals surface area contributed by atoms with Crippen LogP contribution in [0.4, 0.5) is 0 Å². The van der Waals surface area contributed by atoms with Gasteiger partial charge in [0.1, 0.15) is 23.7 Å². The Bertz CT molecular complexity index is 682. The summed E-state index contributed by atoms with van der Waals surface area (Å²) < 4.78 is 12.0. The van der Waals surface area contributed by atoms with E-state index in [1.165, 1.54) is 0 Å². The van der Waals surface area contributed by atoms with Crippen LogP contribution in [0.3, 0.4) is 0 Å². The van der Waals surface area contributed by atoms with Crippen LogP contribution in [0.5, 0.6) is 11.5 Å². The van der Waals surface area contributed by atoms with Gasteiger partial charge in [0.25, 0.3) is 0 Å². The van der Waals surface area contributed by atoms with Crippen molar-refractivity contribution in [3.05, 3.63) is 58.6 Å². The van der Waals surface area contributed by atoms with E-state index < -0.39 is 0 Å². The molecule has 1 aliphatic heterocycles. The molecule has 0 unspecified atom stereocenters. The maximum Gasteiger partial charge on any atom is 0.138 e. The Morgan fingerprint density at radius 1 is 1.00 bits per heavy atom. The molecule has 134 valence electrons. The number of hydrogen-bond donors (Lipinski definition) is 0. The van der Waals surface area contributed by atoms with Gasteiger partial charge in [-0.1, -0.05) is 35.3 Å². The number of para-hydroxylation sites is 1. The van der Waals surface area contributed by atoms with E-state index in [9.17, 15) is 0 Å². The number of rotatable bonds is 6. The predicted octanol–water partition coefficient (Wildman–Crippen LogP) is 5.31. The Morgan fingerprint density at radius 2 is 1.68 bits per heavy atom. The van der Waals surface area contributed by atoms with E-state index in [-0.39, 0.29) is 5.60 Å². The molecule has 5 heteroatoms. The van der Waals surface area contributed by atoms with Crippen molar-refractivity contribution >= 4 is 23.2 Å². The summed E-state index contributed by atoms with van der Waals surface area (Å²) in [6.07, 6.45) is 1.94. The van der Waals surface area contributed by atoms with Crippen molar-refractivity contribution in [1.82, 2.24) is 4.90 Å². The average Bonchev–Trinajstić information content (AvgIpc) is 2.61. The molecule has 1 heterocycles. The summed E-state index contributed by atoms with van der Waals surface area (Å²) in [5.74, 6) is 1.62. The molecule has 1 aliphatic rings. The standard InChI is InChI=1S/C20H23Cl2NO2/c1-20(25-19-5-3-2-4-18(19)22)10-12-23(13-11-20)14-15-24-17-8-6-16(21)7-9-17/h2-9H,10-15H2,1H3. The SMILES string of the molecule is CC1(Oc2ccccc2Cl)CCN(CCOc2ccc(Cl)cc2)CC1. The molecular formula is C20H23Cl2NO2. The van der Waals surface area contributed by atoms with Gasteiger partial charge in [0.2, 0.25) is 0 Å². The molecule has 2 aromatic carbocycles. The molecule has 0 aliphatic carbocycles. The van der Waals surface area contributed by atoms with Gasteiger partial charge in [0, 0.05) is 24.7 Å². The number of nitrogens with zero attached hydrogens (tertiary/aromatic N) is 1. The highest BCUT2D eigenvalue weighted by Crippen LogP contribution is 2.32. The second kappa shape index (κ2) is 8.31. The third-order valence-corrected chi connectivity index (χ3v) is 5.16. The van der Waals surface area contributed by atoms with E-state index in [1.807, 2.05) is 48.5 Å². The number of piperidine rings is 1. The van der Waals surface area contributed by atoms with Crippen LogP contribution < -0.4 is 9.47 Å². The molecule has 3 nitrogen and oxygen atoms in total. The summed E-state index contributed by atoms with van der Waals surface area (Å²) in [7, 11) is 0. The molecule has 2 aromatic rings. The Balaban J connectivity index is 1.43. The number of ether oxygens (including phenoxy) is 2. The molecule has 0 aromatic heterocycles. The second-order valence-electron chi connectivity index (χ2n) is 6.63. The van der Waals surface area contributed by atoms with Crippen molar-refractivity contribution in [3.8, 4) is 11.5 Å². The highest BCUT2D eigenvalue weighted by atomic mass is 35.5. The van der Waals surface area contributed by atoms with Gasteiger partial charge in [-0.15, -0.1) is 0 Å². The van der Waals surface area contributed by atoms with Crippen LogP contribution >= 0.6 is 23.2 Å². The largest absolute Gasteiger partial charge is 0.492 e. The average molecular weight is 380 g/mol. The lowest BCUT2D eigenvalue weighted by Gasteiger charge is -2.39. The fraction of sp³-hybridized carbons (Fsp3) is 0.400. The summed E-state index contributed by atoms with van der Waals surface area (Å²) in [4.78, 5) is 2.41. The van der Waals surface area contributed by atoms with Crippen LogP contribution in [0.15, 0.2) is 48.5 Å². The first-order valence-electron chi connectivity index (χ1n) is 8.58. The third-order valence-electron chi connectivity index (χ3n) is 4.60. The number of likely N-dealkylation sites (tertiary alicyclic amines) is 1. The van der Waals surface area contributed by atoms with E-state index in [4.69, 9.17) is 32.7 Å². The fourth-order valence-electron chi connectivity index (χ4n) is 2.97. The molecule has 3 rings (SSSR count). The van der Waals surface area contributed by atoms with Crippen molar-refractivity contribution in [2.45, 2.75) is 25.4 Å². The van der Waals surface area contributed by atoms with Crippen molar-refractivity contribution < 1.29 is 9.47 Å². The highest BCUT2D eigenvalue weighted by molar-refractivity contribution is 6.32.